The molecule has 3 N–H and O–H groups in total. The van der Waals surface area contributed by atoms with E-state index in [0.29, 0.717) is 0 Å². The lowest BCUT2D eigenvalue weighted by Crippen LogP contribution is -2.57. The van der Waals surface area contributed by atoms with Gasteiger partial charge in [-0.15, -0.1) is 0 Å². The van der Waals surface area contributed by atoms with E-state index in [4.69, 9.17) is 19.0 Å². The number of hydrogen-bond donors (Lipinski definition) is 3. The van der Waals surface area contributed by atoms with Gasteiger partial charge in [-0.1, -0.05) is 96.2 Å². The number of oxime groups is 1. The molecule has 230 valence electrons. The third-order valence-electron chi connectivity index (χ3n) is 7.41. The third-order valence-corrected chi connectivity index (χ3v) is 7.41. The molecule has 5 rings (SSSR count). The Labute approximate surface area is 253 Å². The smallest absolute Gasteiger partial charge is 0.330 e. The zero-order valence-electron chi connectivity index (χ0n) is 24.2. The number of benzene rings is 3. The van der Waals surface area contributed by atoms with Gasteiger partial charge in [-0.2, -0.15) is 0 Å². The summed E-state index contributed by atoms with van der Waals surface area (Å²) in [5.41, 5.74) is -0.301. The number of hydrogen-bond acceptors (Lipinski definition) is 9. The summed E-state index contributed by atoms with van der Waals surface area (Å²) < 4.78 is 19.8. The number of nitrogens with zero attached hydrogens (tertiary/aromatic N) is 2. The summed E-state index contributed by atoms with van der Waals surface area (Å²) in [5.74, 6) is 0. The van der Waals surface area contributed by atoms with E-state index in [0.717, 1.165) is 27.5 Å². The van der Waals surface area contributed by atoms with Gasteiger partial charge < -0.3 is 29.3 Å². The van der Waals surface area contributed by atoms with Crippen molar-refractivity contribution in [1.29, 1.82) is 0 Å². The van der Waals surface area contributed by atoms with E-state index in [2.05, 4.69) is 10.1 Å². The van der Waals surface area contributed by atoms with Crippen molar-refractivity contribution in [3.8, 4) is 0 Å². The van der Waals surface area contributed by atoms with Crippen LogP contribution >= 0.6 is 0 Å². The maximum Gasteiger partial charge on any atom is 0.330 e. The van der Waals surface area contributed by atoms with E-state index in [9.17, 15) is 19.8 Å². The van der Waals surface area contributed by atoms with Crippen LogP contribution < -0.4 is 11.2 Å². The molecule has 1 saturated heterocycles. The van der Waals surface area contributed by atoms with E-state index < -0.39 is 41.4 Å². The Morgan fingerprint density at radius 3 is 2.11 bits per heavy atom. The predicted molar refractivity (Wildman–Crippen MR) is 162 cm³/mol. The summed E-state index contributed by atoms with van der Waals surface area (Å²) in [6, 6.07) is 28.1. The molecule has 0 amide bonds. The van der Waals surface area contributed by atoms with Crippen molar-refractivity contribution in [2.24, 2.45) is 5.16 Å². The molecular formula is C33H35N3O8. The number of aromatic amines is 1. The van der Waals surface area contributed by atoms with Gasteiger partial charge in [0, 0.05) is 11.8 Å². The zero-order valence-corrected chi connectivity index (χ0v) is 24.2. The molecule has 1 aliphatic rings. The van der Waals surface area contributed by atoms with Crippen molar-refractivity contribution in [3.05, 3.63) is 140 Å². The maximum atomic E-state index is 12.9. The van der Waals surface area contributed by atoms with E-state index in [-0.39, 0.29) is 32.0 Å². The van der Waals surface area contributed by atoms with Crippen molar-refractivity contribution in [2.75, 3.05) is 6.61 Å². The molecule has 44 heavy (non-hydrogen) atoms. The lowest BCUT2D eigenvalue weighted by molar-refractivity contribution is -0.188. The highest BCUT2D eigenvalue weighted by Crippen LogP contribution is 2.41. The van der Waals surface area contributed by atoms with Crippen LogP contribution in [0.25, 0.3) is 0 Å². The van der Waals surface area contributed by atoms with Gasteiger partial charge in [0.2, 0.25) is 0 Å². The second kappa shape index (κ2) is 14.4. The first-order valence-corrected chi connectivity index (χ1v) is 14.2. The monoisotopic (exact) mass is 601 g/mol. The number of H-pyrrole nitrogens is 1. The Morgan fingerprint density at radius 1 is 0.932 bits per heavy atom. The van der Waals surface area contributed by atoms with Crippen molar-refractivity contribution < 1.29 is 29.3 Å². The number of aryl methyl sites for hydroxylation is 1. The summed E-state index contributed by atoms with van der Waals surface area (Å²) in [6.45, 7) is 1.67. The highest BCUT2D eigenvalue weighted by Gasteiger charge is 2.60. The van der Waals surface area contributed by atoms with Gasteiger partial charge in [0.1, 0.15) is 24.9 Å². The van der Waals surface area contributed by atoms with E-state index in [1.54, 1.807) is 0 Å². The SMILES string of the molecule is Cc1cn([C@@H]2O[C@@](COCc3ccccc3)([C@@H](O)/C=N/OCc3ccccc3)[C@@H](OCc3ccccc3)[C@H]2O)c(=O)[nH]c1=O. The molecule has 1 aliphatic heterocycles. The Hall–Kier alpha value is -4.39. The number of ether oxygens (including phenoxy) is 3. The molecule has 11 heteroatoms. The highest BCUT2D eigenvalue weighted by molar-refractivity contribution is 5.64. The van der Waals surface area contributed by atoms with Crippen LogP contribution in [0.5, 0.6) is 0 Å². The molecule has 11 nitrogen and oxygen atoms in total. The van der Waals surface area contributed by atoms with Crippen molar-refractivity contribution in [2.45, 2.75) is 56.9 Å². The molecule has 0 aliphatic carbocycles. The van der Waals surface area contributed by atoms with Gasteiger partial charge in [0.15, 0.2) is 11.8 Å². The number of aromatic nitrogens is 2. The van der Waals surface area contributed by atoms with Crippen molar-refractivity contribution >= 4 is 6.21 Å². The van der Waals surface area contributed by atoms with Gasteiger partial charge in [-0.25, -0.2) is 4.79 Å². The van der Waals surface area contributed by atoms with E-state index >= 15 is 0 Å². The number of rotatable bonds is 13. The first-order chi connectivity index (χ1) is 21.4. The summed E-state index contributed by atoms with van der Waals surface area (Å²) in [7, 11) is 0. The van der Waals surface area contributed by atoms with Gasteiger partial charge in [-0.3, -0.25) is 14.3 Å². The van der Waals surface area contributed by atoms with Gasteiger partial charge in [0.05, 0.1) is 26.0 Å². The summed E-state index contributed by atoms with van der Waals surface area (Å²) >= 11 is 0. The fourth-order valence-corrected chi connectivity index (χ4v) is 5.05. The number of nitrogens with one attached hydrogen (secondary N) is 1. The van der Waals surface area contributed by atoms with Crippen LogP contribution in [0.2, 0.25) is 0 Å². The second-order valence-corrected chi connectivity index (χ2v) is 10.6. The topological polar surface area (TPSA) is 145 Å². The average Bonchev–Trinajstić information content (AvgIpc) is 3.33. The highest BCUT2D eigenvalue weighted by atomic mass is 16.6. The minimum Gasteiger partial charge on any atom is -0.391 e. The molecule has 0 radical (unpaired) electrons. The van der Waals surface area contributed by atoms with Crippen LogP contribution in [0.15, 0.2) is 112 Å². The molecule has 0 saturated carbocycles. The average molecular weight is 602 g/mol. The van der Waals surface area contributed by atoms with Gasteiger partial charge >= 0.3 is 5.69 Å². The first-order valence-electron chi connectivity index (χ1n) is 14.2. The van der Waals surface area contributed by atoms with Crippen LogP contribution in [0.3, 0.4) is 0 Å². The maximum absolute atomic E-state index is 12.9. The van der Waals surface area contributed by atoms with Crippen LogP contribution in [0, 0.1) is 6.92 Å². The van der Waals surface area contributed by atoms with Crippen LogP contribution in [-0.2, 0) is 38.9 Å². The minimum absolute atomic E-state index is 0.0625. The lowest BCUT2D eigenvalue weighted by Gasteiger charge is -2.36. The Kier molecular flexibility index (Phi) is 10.2. The fourth-order valence-electron chi connectivity index (χ4n) is 5.05. The van der Waals surface area contributed by atoms with Crippen LogP contribution in [0.4, 0.5) is 0 Å². The largest absolute Gasteiger partial charge is 0.391 e. The molecule has 1 aromatic heterocycles. The molecule has 4 aromatic rings. The normalized spacial score (nSPS) is 22.3. The minimum atomic E-state index is -1.75. The molecule has 3 aromatic carbocycles. The lowest BCUT2D eigenvalue weighted by atomic mass is 9.90. The van der Waals surface area contributed by atoms with Crippen LogP contribution in [-0.4, -0.2) is 56.5 Å². The zero-order chi connectivity index (χ0) is 30.9. The van der Waals surface area contributed by atoms with Crippen molar-refractivity contribution in [3.63, 3.8) is 0 Å². The molecule has 0 bridgehead atoms. The quantitative estimate of drug-likeness (QED) is 0.157. The summed E-state index contributed by atoms with van der Waals surface area (Å²) in [4.78, 5) is 32.6. The molecule has 2 heterocycles. The Balaban J connectivity index is 1.48. The molecule has 5 atom stereocenters. The van der Waals surface area contributed by atoms with E-state index in [1.807, 2.05) is 91.0 Å². The third kappa shape index (κ3) is 7.21. The molecular weight excluding hydrogens is 566 g/mol. The summed E-state index contributed by atoms with van der Waals surface area (Å²) in [6.07, 6.45) is -3.08. The van der Waals surface area contributed by atoms with Crippen molar-refractivity contribution in [1.82, 2.24) is 9.55 Å². The Morgan fingerprint density at radius 2 is 1.50 bits per heavy atom. The van der Waals surface area contributed by atoms with Gasteiger partial charge in [0.25, 0.3) is 5.56 Å². The second-order valence-electron chi connectivity index (χ2n) is 10.6. The summed E-state index contributed by atoms with van der Waals surface area (Å²) in [5, 5.41) is 27.3. The predicted octanol–water partition coefficient (Wildman–Crippen LogP) is 2.84. The number of aliphatic hydroxyl groups is 2. The molecule has 0 unspecified atom stereocenters. The fraction of sp³-hybridized carbons (Fsp3) is 0.303. The standard InChI is InChI=1S/C33H35N3O8/c1-23-18-36(32(40)35-30(23)39)31-28(38)29(42-20-25-13-7-3-8-14-25)33(44-31,22-41-19-24-11-5-2-6-12-24)27(37)17-34-43-21-26-15-9-4-10-16-26/h2-18,27-29,31,37-38H,19-22H2,1H3,(H,35,39,40)/b34-17+/t27-,28+,29-,31+,33-/m0/s1. The Bertz CT molecular complexity index is 1630. The number of aliphatic hydroxyl groups excluding tert-OH is 2. The molecule has 1 fully saturated rings. The molecule has 0 spiro atoms. The van der Waals surface area contributed by atoms with E-state index in [1.165, 1.54) is 13.1 Å². The van der Waals surface area contributed by atoms with Crippen LogP contribution in [0.1, 0.15) is 28.5 Å². The first kappa shape index (κ1) is 31.0. The van der Waals surface area contributed by atoms with Gasteiger partial charge in [-0.05, 0) is 23.6 Å².